The van der Waals surface area contributed by atoms with Crippen LogP contribution in [0.15, 0.2) is 18.2 Å². The van der Waals surface area contributed by atoms with Gasteiger partial charge in [0.1, 0.15) is 5.75 Å². The lowest BCUT2D eigenvalue weighted by Gasteiger charge is -2.15. The van der Waals surface area contributed by atoms with Gasteiger partial charge < -0.3 is 15.8 Å². The first-order chi connectivity index (χ1) is 7.51. The molecule has 0 spiro atoms. The predicted octanol–water partition coefficient (Wildman–Crippen LogP) is 1.46. The summed E-state index contributed by atoms with van der Waals surface area (Å²) in [5.74, 6) is 1.32. The van der Waals surface area contributed by atoms with Gasteiger partial charge in [-0.1, -0.05) is 0 Å². The number of anilines is 2. The molecule has 1 aromatic carbocycles. The Morgan fingerprint density at radius 1 is 1.50 bits per heavy atom. The molecule has 1 rings (SSSR count). The van der Waals surface area contributed by atoms with Crippen LogP contribution in [0.2, 0.25) is 0 Å². The molecular formula is C11H18N2O2S. The third-order valence-electron chi connectivity index (χ3n) is 2.06. The Morgan fingerprint density at radius 3 is 2.75 bits per heavy atom. The molecular weight excluding hydrogens is 224 g/mol. The summed E-state index contributed by atoms with van der Waals surface area (Å²) in [6.07, 6.45) is 1.69. The molecule has 0 bridgehead atoms. The zero-order chi connectivity index (χ0) is 12.1. The smallest absolute Gasteiger partial charge is 0.122 e. The molecule has 0 aliphatic heterocycles. The number of methoxy groups -OCH3 is 1. The van der Waals surface area contributed by atoms with E-state index in [4.69, 9.17) is 10.5 Å². The van der Waals surface area contributed by atoms with Crippen molar-refractivity contribution in [2.75, 3.05) is 30.2 Å². The van der Waals surface area contributed by atoms with E-state index in [0.29, 0.717) is 17.2 Å². The number of hydrogen-bond acceptors (Lipinski definition) is 4. The van der Waals surface area contributed by atoms with Crippen LogP contribution in [0.4, 0.5) is 11.4 Å². The van der Waals surface area contributed by atoms with Crippen LogP contribution in [0.1, 0.15) is 6.92 Å². The molecule has 5 heteroatoms. The first-order valence-corrected chi connectivity index (χ1v) is 6.75. The van der Waals surface area contributed by atoms with Crippen molar-refractivity contribution in [1.82, 2.24) is 0 Å². The fourth-order valence-electron chi connectivity index (χ4n) is 1.50. The minimum Gasteiger partial charge on any atom is -0.497 e. The Morgan fingerprint density at radius 2 is 2.19 bits per heavy atom. The van der Waals surface area contributed by atoms with E-state index in [0.717, 1.165) is 5.69 Å². The summed E-state index contributed by atoms with van der Waals surface area (Å²) in [5, 5.41) is 3.24. The van der Waals surface area contributed by atoms with Gasteiger partial charge in [-0.2, -0.15) is 0 Å². The third-order valence-corrected chi connectivity index (χ3v) is 3.03. The van der Waals surface area contributed by atoms with Crippen molar-refractivity contribution in [1.29, 1.82) is 0 Å². The van der Waals surface area contributed by atoms with Crippen molar-refractivity contribution in [3.8, 4) is 5.75 Å². The maximum Gasteiger partial charge on any atom is 0.122 e. The summed E-state index contributed by atoms with van der Waals surface area (Å²) in [7, 11) is 0.793. The average Bonchev–Trinajstić information content (AvgIpc) is 2.14. The molecule has 0 aliphatic rings. The van der Waals surface area contributed by atoms with Crippen LogP contribution in [0, 0.1) is 0 Å². The van der Waals surface area contributed by atoms with E-state index in [-0.39, 0.29) is 6.04 Å². The lowest BCUT2D eigenvalue weighted by atomic mass is 10.2. The molecule has 0 amide bonds. The monoisotopic (exact) mass is 242 g/mol. The molecule has 0 saturated heterocycles. The second kappa shape index (κ2) is 5.75. The van der Waals surface area contributed by atoms with Gasteiger partial charge in [-0.05, 0) is 13.0 Å². The average molecular weight is 242 g/mol. The van der Waals surface area contributed by atoms with Crippen LogP contribution in [0.25, 0.3) is 0 Å². The highest BCUT2D eigenvalue weighted by Gasteiger charge is 2.05. The molecule has 0 fully saturated rings. The van der Waals surface area contributed by atoms with Crippen LogP contribution in [0.5, 0.6) is 5.75 Å². The van der Waals surface area contributed by atoms with E-state index in [1.165, 1.54) is 0 Å². The zero-order valence-electron chi connectivity index (χ0n) is 9.82. The Kier molecular flexibility index (Phi) is 4.61. The second-order valence-corrected chi connectivity index (χ2v) is 5.26. The summed E-state index contributed by atoms with van der Waals surface area (Å²) < 4.78 is 16.2. The van der Waals surface area contributed by atoms with Crippen molar-refractivity contribution in [3.63, 3.8) is 0 Å². The first-order valence-electron chi connectivity index (χ1n) is 5.02. The summed E-state index contributed by atoms with van der Waals surface area (Å²) in [6.45, 7) is 1.98. The van der Waals surface area contributed by atoms with Crippen LogP contribution >= 0.6 is 0 Å². The number of nitrogens with two attached hydrogens (primary N) is 1. The van der Waals surface area contributed by atoms with E-state index >= 15 is 0 Å². The van der Waals surface area contributed by atoms with Crippen molar-refractivity contribution < 1.29 is 8.95 Å². The molecule has 0 aromatic heterocycles. The molecule has 0 radical (unpaired) electrons. The van der Waals surface area contributed by atoms with E-state index in [9.17, 15) is 4.21 Å². The minimum atomic E-state index is -0.807. The maximum atomic E-state index is 11.1. The highest BCUT2D eigenvalue weighted by Crippen LogP contribution is 2.22. The summed E-state index contributed by atoms with van der Waals surface area (Å²) >= 11 is 0. The Hall–Kier alpha value is -1.23. The molecule has 90 valence electrons. The fourth-order valence-corrected chi connectivity index (χ4v) is 2.29. The topological polar surface area (TPSA) is 64.3 Å². The Bertz CT molecular complexity index is 382. The largest absolute Gasteiger partial charge is 0.497 e. The number of ether oxygens (including phenoxy) is 1. The van der Waals surface area contributed by atoms with E-state index in [2.05, 4.69) is 5.32 Å². The lowest BCUT2D eigenvalue weighted by molar-refractivity contribution is 0.415. The Balaban J connectivity index is 2.72. The Labute approximate surface area is 98.6 Å². The normalized spacial score (nSPS) is 14.2. The SMILES string of the molecule is COc1cc(N)cc(NC(C)CS(C)=O)c1. The van der Waals surface area contributed by atoms with Crippen molar-refractivity contribution >= 4 is 22.2 Å². The van der Waals surface area contributed by atoms with E-state index < -0.39 is 10.8 Å². The van der Waals surface area contributed by atoms with Gasteiger partial charge in [0.05, 0.1) is 7.11 Å². The zero-order valence-corrected chi connectivity index (χ0v) is 10.6. The quantitative estimate of drug-likeness (QED) is 0.767. The summed E-state index contributed by atoms with van der Waals surface area (Å²) in [6, 6.07) is 5.59. The highest BCUT2D eigenvalue weighted by atomic mass is 32.2. The van der Waals surface area contributed by atoms with Crippen LogP contribution < -0.4 is 15.8 Å². The summed E-state index contributed by atoms with van der Waals surface area (Å²) in [5.41, 5.74) is 7.26. The molecule has 2 atom stereocenters. The fraction of sp³-hybridized carbons (Fsp3) is 0.455. The number of nitrogens with one attached hydrogen (secondary N) is 1. The van der Waals surface area contributed by atoms with Crippen LogP contribution in [0.3, 0.4) is 0 Å². The predicted molar refractivity (Wildman–Crippen MR) is 69.4 cm³/mol. The number of nitrogen functional groups attached to an aromatic ring is 1. The maximum absolute atomic E-state index is 11.1. The minimum absolute atomic E-state index is 0.136. The standard InChI is InChI=1S/C11H18N2O2S/c1-8(7-16(3)14)13-10-4-9(12)5-11(6-10)15-2/h4-6,8,13H,7,12H2,1-3H3. The van der Waals surface area contributed by atoms with Gasteiger partial charge in [-0.3, -0.25) is 4.21 Å². The van der Waals surface area contributed by atoms with Gasteiger partial charge in [0.2, 0.25) is 0 Å². The van der Waals surface area contributed by atoms with Gasteiger partial charge >= 0.3 is 0 Å². The summed E-state index contributed by atoms with van der Waals surface area (Å²) in [4.78, 5) is 0. The second-order valence-electron chi connectivity index (χ2n) is 3.78. The lowest BCUT2D eigenvalue weighted by Crippen LogP contribution is -2.22. The first kappa shape index (κ1) is 12.8. The van der Waals surface area contributed by atoms with Crippen molar-refractivity contribution in [2.24, 2.45) is 0 Å². The molecule has 0 heterocycles. The van der Waals surface area contributed by atoms with Gasteiger partial charge in [0, 0.05) is 52.4 Å². The molecule has 2 unspecified atom stereocenters. The van der Waals surface area contributed by atoms with E-state index in [1.54, 1.807) is 19.4 Å². The highest BCUT2D eigenvalue weighted by molar-refractivity contribution is 7.84. The number of hydrogen-bond donors (Lipinski definition) is 2. The van der Waals surface area contributed by atoms with E-state index in [1.807, 2.05) is 19.1 Å². The molecule has 0 aliphatic carbocycles. The van der Waals surface area contributed by atoms with Crippen LogP contribution in [-0.4, -0.2) is 29.4 Å². The van der Waals surface area contributed by atoms with Gasteiger partial charge in [-0.15, -0.1) is 0 Å². The van der Waals surface area contributed by atoms with Crippen LogP contribution in [-0.2, 0) is 10.8 Å². The molecule has 1 aromatic rings. The van der Waals surface area contributed by atoms with Gasteiger partial charge in [-0.25, -0.2) is 0 Å². The van der Waals surface area contributed by atoms with Gasteiger partial charge in [0.25, 0.3) is 0 Å². The molecule has 3 N–H and O–H groups in total. The van der Waals surface area contributed by atoms with Gasteiger partial charge in [0.15, 0.2) is 0 Å². The third kappa shape index (κ3) is 4.10. The van der Waals surface area contributed by atoms with Crippen molar-refractivity contribution in [2.45, 2.75) is 13.0 Å². The molecule has 0 saturated carbocycles. The number of benzene rings is 1. The number of rotatable bonds is 5. The van der Waals surface area contributed by atoms with Crippen molar-refractivity contribution in [3.05, 3.63) is 18.2 Å². The molecule has 4 nitrogen and oxygen atoms in total. The molecule has 16 heavy (non-hydrogen) atoms.